The molecule has 13 rings (SSSR count). The van der Waals surface area contributed by atoms with Crippen LogP contribution in [0.2, 0.25) is 0 Å². The number of hydrogen-bond donors (Lipinski definition) is 0. The van der Waals surface area contributed by atoms with Gasteiger partial charge in [-0.3, -0.25) is 0 Å². The minimum Gasteiger partial charge on any atom is -0.345 e. The maximum atomic E-state index is 2.57. The quantitative estimate of drug-likeness (QED) is 0.159. The number of benzene rings is 11. The summed E-state index contributed by atoms with van der Waals surface area (Å²) in [5, 5.41) is 7.75. The van der Waals surface area contributed by atoms with Gasteiger partial charge in [0.1, 0.15) is 0 Å². The Morgan fingerprint density at radius 1 is 0.314 bits per heavy atom. The normalized spacial score (nSPS) is 12.6. The highest BCUT2D eigenvalue weighted by molar-refractivity contribution is 6.24. The van der Waals surface area contributed by atoms with Gasteiger partial charge in [-0.25, -0.2) is 0 Å². The van der Waals surface area contributed by atoms with E-state index in [-0.39, 0.29) is 0 Å². The van der Waals surface area contributed by atoms with Crippen LogP contribution in [0, 0.1) is 41.5 Å². The number of aryl methyl sites for hydroxylation is 4. The molecule has 0 saturated carbocycles. The highest BCUT2D eigenvalue weighted by atomic mass is 15.1. The van der Waals surface area contributed by atoms with Crippen molar-refractivity contribution in [2.24, 2.45) is 0 Å². The Hall–Kier alpha value is -8.20. The van der Waals surface area contributed by atoms with E-state index in [2.05, 4.69) is 265 Å². The predicted molar refractivity (Wildman–Crippen MR) is 299 cm³/mol. The maximum absolute atomic E-state index is 2.57. The lowest BCUT2D eigenvalue weighted by Crippen LogP contribution is -2.26. The molecular formula is C68H56N2. The lowest BCUT2D eigenvalue weighted by atomic mass is 9.69. The van der Waals surface area contributed by atoms with E-state index in [1.165, 1.54) is 133 Å². The Bertz CT molecular complexity index is 3770. The SMILES string of the molecule is Cc1cc(N(C)c2ccccc2)cc(C)c1C.Cc1cc(N(c2ccccc2)c2cc3c(c4ccccc24)-c2c(c4ccccc4c4ccccc24)C32c3ccccc3-c3ccccc32)cc(C)c1C. The average Bonchev–Trinajstić information content (AvgIpc) is 3.88. The molecule has 0 saturated heterocycles. The van der Waals surface area contributed by atoms with E-state index in [4.69, 9.17) is 0 Å². The second-order valence-electron chi connectivity index (χ2n) is 19.5. The summed E-state index contributed by atoms with van der Waals surface area (Å²) in [4.78, 5) is 4.72. The van der Waals surface area contributed by atoms with E-state index in [0.29, 0.717) is 0 Å². The van der Waals surface area contributed by atoms with Crippen molar-refractivity contribution in [1.82, 2.24) is 0 Å². The molecule has 0 heterocycles. The van der Waals surface area contributed by atoms with Crippen molar-refractivity contribution in [3.63, 3.8) is 0 Å². The summed E-state index contributed by atoms with van der Waals surface area (Å²) in [7, 11) is 2.11. The van der Waals surface area contributed by atoms with Gasteiger partial charge in [-0.1, -0.05) is 158 Å². The zero-order valence-electron chi connectivity index (χ0n) is 41.1. The highest BCUT2D eigenvalue weighted by Crippen LogP contribution is 2.67. The van der Waals surface area contributed by atoms with E-state index in [1.54, 1.807) is 0 Å². The third kappa shape index (κ3) is 6.47. The Kier molecular flexibility index (Phi) is 10.3. The third-order valence-electron chi connectivity index (χ3n) is 15.8. The first-order valence-electron chi connectivity index (χ1n) is 24.7. The van der Waals surface area contributed by atoms with E-state index >= 15 is 0 Å². The van der Waals surface area contributed by atoms with Crippen LogP contribution in [0.1, 0.15) is 55.6 Å². The maximum Gasteiger partial charge on any atom is 0.0732 e. The lowest BCUT2D eigenvalue weighted by molar-refractivity contribution is 0.802. The fourth-order valence-electron chi connectivity index (χ4n) is 12.0. The molecule has 0 aromatic heterocycles. The van der Waals surface area contributed by atoms with Gasteiger partial charge in [-0.2, -0.15) is 0 Å². The lowest BCUT2D eigenvalue weighted by Gasteiger charge is -2.34. The van der Waals surface area contributed by atoms with Crippen molar-refractivity contribution < 1.29 is 0 Å². The summed E-state index contributed by atoms with van der Waals surface area (Å²) >= 11 is 0. The largest absolute Gasteiger partial charge is 0.345 e. The van der Waals surface area contributed by atoms with Crippen LogP contribution < -0.4 is 9.80 Å². The first kappa shape index (κ1) is 43.1. The Labute approximate surface area is 412 Å². The molecule has 11 aromatic rings. The van der Waals surface area contributed by atoms with Crippen LogP contribution in [-0.4, -0.2) is 7.05 Å². The van der Waals surface area contributed by atoms with Gasteiger partial charge in [0, 0.05) is 35.2 Å². The van der Waals surface area contributed by atoms with Crippen molar-refractivity contribution in [2.45, 2.75) is 47.0 Å². The molecule has 1 spiro atoms. The Morgan fingerprint density at radius 2 is 0.714 bits per heavy atom. The molecule has 0 amide bonds. The molecule has 2 heteroatoms. The molecular weight excluding hydrogens is 845 g/mol. The van der Waals surface area contributed by atoms with Crippen molar-refractivity contribution in [1.29, 1.82) is 0 Å². The van der Waals surface area contributed by atoms with Gasteiger partial charge >= 0.3 is 0 Å². The zero-order chi connectivity index (χ0) is 47.8. The van der Waals surface area contributed by atoms with Gasteiger partial charge in [0.25, 0.3) is 0 Å². The molecule has 2 nitrogen and oxygen atoms in total. The second kappa shape index (κ2) is 16.8. The van der Waals surface area contributed by atoms with Gasteiger partial charge in [0.05, 0.1) is 11.1 Å². The Balaban J connectivity index is 0.000000252. The van der Waals surface area contributed by atoms with Gasteiger partial charge in [0.2, 0.25) is 0 Å². The van der Waals surface area contributed by atoms with Crippen LogP contribution in [0.4, 0.5) is 28.4 Å². The van der Waals surface area contributed by atoms with Crippen molar-refractivity contribution >= 4 is 60.8 Å². The molecule has 0 atom stereocenters. The zero-order valence-corrected chi connectivity index (χ0v) is 41.1. The number of rotatable bonds is 5. The summed E-state index contributed by atoms with van der Waals surface area (Å²) in [6.45, 7) is 13.2. The molecule has 2 aliphatic rings. The summed E-state index contributed by atoms with van der Waals surface area (Å²) in [6, 6.07) is 78.8. The number of fused-ring (bicyclic) bond motifs is 17. The number of para-hydroxylation sites is 2. The topological polar surface area (TPSA) is 6.48 Å². The van der Waals surface area contributed by atoms with Crippen molar-refractivity contribution in [3.8, 4) is 22.3 Å². The first-order valence-corrected chi connectivity index (χ1v) is 24.7. The minimum atomic E-state index is -0.526. The summed E-state index contributed by atoms with van der Waals surface area (Å²) in [6.07, 6.45) is 0. The van der Waals surface area contributed by atoms with Crippen molar-refractivity contribution in [2.75, 3.05) is 16.8 Å². The number of anilines is 5. The van der Waals surface area contributed by atoms with E-state index in [9.17, 15) is 0 Å². The fraction of sp³-hybridized carbons (Fsp3) is 0.118. The van der Waals surface area contributed by atoms with Gasteiger partial charge in [-0.15, -0.1) is 0 Å². The van der Waals surface area contributed by atoms with Crippen LogP contribution in [0.5, 0.6) is 0 Å². The molecule has 0 N–H and O–H groups in total. The second-order valence-corrected chi connectivity index (χ2v) is 19.5. The van der Waals surface area contributed by atoms with E-state index < -0.39 is 5.41 Å². The van der Waals surface area contributed by atoms with Gasteiger partial charge < -0.3 is 9.80 Å². The standard InChI is InChI=1S/C52H37N.C16H19N/c1-32-29-36(30-33(2)34(32)3)53(35-17-5-4-6-18-35)48-31-47-49(43-25-11-9-23-41(43)48)50-42-24-10-7-19-37(42)38-20-8-12-26-44(38)51(50)52(47)45-27-15-13-21-39(45)40-22-14-16-28-46(40)52;1-12-10-16(11-13(2)14(12)3)17(4)15-8-6-5-7-9-15/h4-31H,1-3H3;5-11H,1-4H3. The molecule has 0 radical (unpaired) electrons. The molecule has 0 unspecified atom stereocenters. The molecule has 338 valence electrons. The summed E-state index contributed by atoms with van der Waals surface area (Å²) in [5.41, 5.74) is 24.3. The Morgan fingerprint density at radius 3 is 1.26 bits per heavy atom. The molecule has 2 aliphatic carbocycles. The van der Waals surface area contributed by atoms with Crippen molar-refractivity contribution in [3.05, 3.63) is 268 Å². The van der Waals surface area contributed by atoms with Crippen LogP contribution in [0.25, 0.3) is 54.6 Å². The molecule has 0 fully saturated rings. The third-order valence-corrected chi connectivity index (χ3v) is 15.8. The monoisotopic (exact) mass is 900 g/mol. The minimum absolute atomic E-state index is 0.526. The summed E-state index contributed by atoms with van der Waals surface area (Å²) in [5.74, 6) is 0. The first-order chi connectivity index (χ1) is 34.2. The number of nitrogens with zero attached hydrogens (tertiary/aromatic N) is 2. The van der Waals surface area contributed by atoms with Crippen LogP contribution in [0.15, 0.2) is 212 Å². The smallest absolute Gasteiger partial charge is 0.0732 e. The molecule has 0 aliphatic heterocycles. The summed E-state index contributed by atoms with van der Waals surface area (Å²) < 4.78 is 0. The molecule has 11 aromatic carbocycles. The van der Waals surface area contributed by atoms with Gasteiger partial charge in [0.15, 0.2) is 0 Å². The van der Waals surface area contributed by atoms with Crippen LogP contribution in [-0.2, 0) is 5.41 Å². The average molecular weight is 901 g/mol. The van der Waals surface area contributed by atoms with E-state index in [0.717, 1.165) is 5.69 Å². The highest BCUT2D eigenvalue weighted by Gasteiger charge is 2.54. The van der Waals surface area contributed by atoms with Crippen LogP contribution >= 0.6 is 0 Å². The fourth-order valence-corrected chi connectivity index (χ4v) is 12.0. The van der Waals surface area contributed by atoms with Gasteiger partial charge in [-0.05, 0) is 201 Å². The van der Waals surface area contributed by atoms with Crippen LogP contribution in [0.3, 0.4) is 0 Å². The molecule has 0 bridgehead atoms. The predicted octanol–water partition coefficient (Wildman–Crippen LogP) is 18.3. The number of hydrogen-bond acceptors (Lipinski definition) is 2. The molecule has 70 heavy (non-hydrogen) atoms. The van der Waals surface area contributed by atoms with E-state index in [1.807, 2.05) is 6.07 Å².